The molecule has 0 N–H and O–H groups in total. The minimum atomic E-state index is 0.0622. The quantitative estimate of drug-likeness (QED) is 0.705. The van der Waals surface area contributed by atoms with Crippen LogP contribution in [0.5, 0.6) is 0 Å². The van der Waals surface area contributed by atoms with Crippen LogP contribution in [0.1, 0.15) is 25.0 Å². The van der Waals surface area contributed by atoms with Gasteiger partial charge in [0.2, 0.25) is 0 Å². The molecule has 0 aromatic carbocycles. The minimum absolute atomic E-state index is 0.0622. The summed E-state index contributed by atoms with van der Waals surface area (Å²) < 4.78 is 3.65. The molecule has 0 atom stereocenters. The number of hydrogen-bond donors (Lipinski definition) is 0. The summed E-state index contributed by atoms with van der Waals surface area (Å²) in [6.07, 6.45) is 2.73. The molecule has 0 amide bonds. The average Bonchev–Trinajstić information content (AvgIpc) is 2.84. The standard InChI is InChI=1S/C11H14N4O/c1-3-7-12-10-9(14(7)2)11(16)15-6-4-5-8(15)13-10/h3-6H2,1-2H3. The van der Waals surface area contributed by atoms with E-state index in [-0.39, 0.29) is 5.56 Å². The molecule has 16 heavy (non-hydrogen) atoms. The van der Waals surface area contributed by atoms with Crippen molar-refractivity contribution in [3.05, 3.63) is 22.0 Å². The van der Waals surface area contributed by atoms with Crippen LogP contribution in [0.15, 0.2) is 4.79 Å². The average molecular weight is 218 g/mol. The molecule has 0 aliphatic carbocycles. The van der Waals surface area contributed by atoms with Gasteiger partial charge in [-0.05, 0) is 6.42 Å². The fourth-order valence-electron chi connectivity index (χ4n) is 2.41. The Bertz CT molecular complexity index is 623. The maximum absolute atomic E-state index is 12.2. The maximum atomic E-state index is 12.2. The Hall–Kier alpha value is -1.65. The molecule has 5 nitrogen and oxygen atoms in total. The van der Waals surface area contributed by atoms with E-state index in [4.69, 9.17) is 0 Å². The first-order chi connectivity index (χ1) is 7.72. The van der Waals surface area contributed by atoms with Crippen LogP contribution in [0, 0.1) is 0 Å². The van der Waals surface area contributed by atoms with E-state index in [9.17, 15) is 4.79 Å². The number of aryl methyl sites for hydroxylation is 3. The van der Waals surface area contributed by atoms with Crippen LogP contribution < -0.4 is 5.56 Å². The van der Waals surface area contributed by atoms with Gasteiger partial charge in [0.05, 0.1) is 0 Å². The SMILES string of the molecule is CCc1nc2nc3n(c(=O)c2n1C)CCC3. The van der Waals surface area contributed by atoms with E-state index < -0.39 is 0 Å². The predicted octanol–water partition coefficient (Wildman–Crippen LogP) is 0.639. The molecular formula is C11H14N4O. The minimum Gasteiger partial charge on any atom is -0.325 e. The molecule has 0 radical (unpaired) electrons. The molecule has 2 aromatic rings. The Balaban J connectivity index is 2.44. The molecular weight excluding hydrogens is 204 g/mol. The van der Waals surface area contributed by atoms with E-state index in [1.54, 1.807) is 4.57 Å². The Morgan fingerprint density at radius 1 is 1.38 bits per heavy atom. The monoisotopic (exact) mass is 218 g/mol. The second-order valence-corrected chi connectivity index (χ2v) is 4.20. The number of hydrogen-bond acceptors (Lipinski definition) is 3. The van der Waals surface area contributed by atoms with Gasteiger partial charge in [-0.15, -0.1) is 0 Å². The normalized spacial score (nSPS) is 14.6. The van der Waals surface area contributed by atoms with E-state index >= 15 is 0 Å². The largest absolute Gasteiger partial charge is 0.325 e. The second kappa shape index (κ2) is 3.17. The molecule has 0 fully saturated rings. The van der Waals surface area contributed by atoms with Crippen molar-refractivity contribution in [3.8, 4) is 0 Å². The van der Waals surface area contributed by atoms with Crippen LogP contribution >= 0.6 is 0 Å². The molecule has 0 unspecified atom stereocenters. The molecule has 2 aromatic heterocycles. The summed E-state index contributed by atoms with van der Waals surface area (Å²) in [5.74, 6) is 1.81. The fraction of sp³-hybridized carbons (Fsp3) is 0.545. The van der Waals surface area contributed by atoms with E-state index in [1.165, 1.54) is 0 Å². The molecule has 1 aliphatic rings. The summed E-state index contributed by atoms with van der Waals surface area (Å²) in [6.45, 7) is 2.83. The van der Waals surface area contributed by atoms with Gasteiger partial charge in [-0.1, -0.05) is 6.92 Å². The zero-order chi connectivity index (χ0) is 11.3. The van der Waals surface area contributed by atoms with Gasteiger partial charge in [-0.3, -0.25) is 9.36 Å². The molecule has 0 saturated heterocycles. The van der Waals surface area contributed by atoms with Crippen molar-refractivity contribution >= 4 is 11.2 Å². The van der Waals surface area contributed by atoms with Gasteiger partial charge < -0.3 is 4.57 Å². The number of nitrogens with zero attached hydrogens (tertiary/aromatic N) is 4. The highest BCUT2D eigenvalue weighted by Crippen LogP contribution is 2.15. The number of aromatic nitrogens is 4. The summed E-state index contributed by atoms with van der Waals surface area (Å²) in [5, 5.41) is 0. The van der Waals surface area contributed by atoms with Crippen LogP contribution in [-0.2, 0) is 26.4 Å². The first kappa shape index (κ1) is 9.57. The van der Waals surface area contributed by atoms with Crippen molar-refractivity contribution < 1.29 is 0 Å². The van der Waals surface area contributed by atoms with Crippen molar-refractivity contribution in [2.45, 2.75) is 32.7 Å². The summed E-state index contributed by atoms with van der Waals surface area (Å²) in [5.41, 5.74) is 1.31. The number of fused-ring (bicyclic) bond motifs is 2. The lowest BCUT2D eigenvalue weighted by Crippen LogP contribution is -2.22. The lowest BCUT2D eigenvalue weighted by molar-refractivity contribution is 0.713. The predicted molar refractivity (Wildman–Crippen MR) is 60.5 cm³/mol. The van der Waals surface area contributed by atoms with Crippen LogP contribution in [0.4, 0.5) is 0 Å². The first-order valence-corrected chi connectivity index (χ1v) is 5.67. The van der Waals surface area contributed by atoms with Crippen LogP contribution in [0.2, 0.25) is 0 Å². The Morgan fingerprint density at radius 2 is 2.19 bits per heavy atom. The summed E-state index contributed by atoms with van der Waals surface area (Å²) in [7, 11) is 1.89. The highest BCUT2D eigenvalue weighted by atomic mass is 16.1. The maximum Gasteiger partial charge on any atom is 0.279 e. The van der Waals surface area contributed by atoms with Crippen molar-refractivity contribution in [3.63, 3.8) is 0 Å². The molecule has 0 bridgehead atoms. The first-order valence-electron chi connectivity index (χ1n) is 5.67. The summed E-state index contributed by atoms with van der Waals surface area (Å²) in [6, 6.07) is 0. The van der Waals surface area contributed by atoms with E-state index in [1.807, 2.05) is 18.5 Å². The van der Waals surface area contributed by atoms with Gasteiger partial charge in [0.25, 0.3) is 5.56 Å². The van der Waals surface area contributed by atoms with Gasteiger partial charge in [-0.2, -0.15) is 0 Å². The smallest absolute Gasteiger partial charge is 0.279 e. The molecule has 0 saturated carbocycles. The third kappa shape index (κ3) is 1.08. The highest BCUT2D eigenvalue weighted by molar-refractivity contribution is 5.70. The van der Waals surface area contributed by atoms with Gasteiger partial charge in [0.1, 0.15) is 11.6 Å². The second-order valence-electron chi connectivity index (χ2n) is 4.20. The lowest BCUT2D eigenvalue weighted by Gasteiger charge is -2.02. The number of imidazole rings is 1. The number of rotatable bonds is 1. The molecule has 3 heterocycles. The van der Waals surface area contributed by atoms with E-state index in [2.05, 4.69) is 9.97 Å². The third-order valence-electron chi connectivity index (χ3n) is 3.26. The molecule has 3 rings (SSSR count). The van der Waals surface area contributed by atoms with Crippen LogP contribution in [0.25, 0.3) is 11.2 Å². The van der Waals surface area contributed by atoms with E-state index in [0.29, 0.717) is 11.2 Å². The van der Waals surface area contributed by atoms with Crippen molar-refractivity contribution in [1.29, 1.82) is 0 Å². The van der Waals surface area contributed by atoms with Gasteiger partial charge in [0.15, 0.2) is 11.2 Å². The fourth-order valence-corrected chi connectivity index (χ4v) is 2.41. The zero-order valence-electron chi connectivity index (χ0n) is 9.53. The van der Waals surface area contributed by atoms with E-state index in [0.717, 1.165) is 37.5 Å². The van der Waals surface area contributed by atoms with Crippen LogP contribution in [-0.4, -0.2) is 19.1 Å². The third-order valence-corrected chi connectivity index (χ3v) is 3.26. The Kier molecular flexibility index (Phi) is 1.89. The highest BCUT2D eigenvalue weighted by Gasteiger charge is 2.19. The summed E-state index contributed by atoms with van der Waals surface area (Å²) >= 11 is 0. The van der Waals surface area contributed by atoms with Crippen LogP contribution in [0.3, 0.4) is 0 Å². The molecule has 84 valence electrons. The lowest BCUT2D eigenvalue weighted by atomic mass is 10.4. The van der Waals surface area contributed by atoms with Gasteiger partial charge in [-0.25, -0.2) is 9.97 Å². The zero-order valence-corrected chi connectivity index (χ0v) is 9.53. The van der Waals surface area contributed by atoms with Crippen molar-refractivity contribution in [1.82, 2.24) is 19.1 Å². The molecule has 0 spiro atoms. The Morgan fingerprint density at radius 3 is 2.94 bits per heavy atom. The Labute approximate surface area is 92.7 Å². The van der Waals surface area contributed by atoms with Gasteiger partial charge in [0, 0.05) is 26.4 Å². The summed E-state index contributed by atoms with van der Waals surface area (Å²) in [4.78, 5) is 21.1. The molecule has 1 aliphatic heterocycles. The van der Waals surface area contributed by atoms with Gasteiger partial charge >= 0.3 is 0 Å². The topological polar surface area (TPSA) is 52.7 Å². The van der Waals surface area contributed by atoms with Crippen molar-refractivity contribution in [2.24, 2.45) is 7.05 Å². The van der Waals surface area contributed by atoms with Crippen molar-refractivity contribution in [2.75, 3.05) is 0 Å². The molecule has 5 heteroatoms.